The summed E-state index contributed by atoms with van der Waals surface area (Å²) in [5, 5.41) is 2.06. The van der Waals surface area contributed by atoms with Crippen molar-refractivity contribution in [2.45, 2.75) is 0 Å². The van der Waals surface area contributed by atoms with Gasteiger partial charge in [0.1, 0.15) is 11.6 Å². The van der Waals surface area contributed by atoms with Crippen LogP contribution in [0.25, 0.3) is 55.3 Å². The summed E-state index contributed by atoms with van der Waals surface area (Å²) >= 11 is 1.68. The van der Waals surface area contributed by atoms with Crippen LogP contribution in [-0.2, 0) is 0 Å². The van der Waals surface area contributed by atoms with E-state index < -0.39 is 0 Å². The van der Waals surface area contributed by atoms with Crippen LogP contribution >= 0.6 is 11.3 Å². The lowest BCUT2D eigenvalue weighted by Gasteiger charge is -2.01. The zero-order valence-corrected chi connectivity index (χ0v) is 16.1. The van der Waals surface area contributed by atoms with E-state index in [-0.39, 0.29) is 0 Å². The zero-order chi connectivity index (χ0) is 19.2. The molecule has 6 rings (SSSR count). The Morgan fingerprint density at radius 3 is 2.07 bits per heavy atom. The smallest absolute Gasteiger partial charge is 0.148 e. The first-order valence-electron chi connectivity index (χ1n) is 9.28. The molecule has 0 saturated carbocycles. The van der Waals surface area contributed by atoms with Gasteiger partial charge in [0.05, 0.1) is 26.9 Å². The molecule has 4 heterocycles. The predicted molar refractivity (Wildman–Crippen MR) is 118 cm³/mol. The zero-order valence-electron chi connectivity index (χ0n) is 15.3. The highest BCUT2D eigenvalue weighted by Crippen LogP contribution is 2.30. The molecule has 2 N–H and O–H groups in total. The molecule has 0 fully saturated rings. The minimum Gasteiger partial charge on any atom is -0.338 e. The molecule has 0 aliphatic heterocycles. The molecule has 0 radical (unpaired) electrons. The third-order valence-electron chi connectivity index (χ3n) is 4.99. The van der Waals surface area contributed by atoms with Crippen LogP contribution in [0.15, 0.2) is 78.4 Å². The number of thiophene rings is 1. The summed E-state index contributed by atoms with van der Waals surface area (Å²) in [7, 11) is 0. The lowest BCUT2D eigenvalue weighted by molar-refractivity contribution is 1.27. The van der Waals surface area contributed by atoms with Crippen LogP contribution < -0.4 is 0 Å². The lowest BCUT2D eigenvalue weighted by Crippen LogP contribution is -1.80. The van der Waals surface area contributed by atoms with E-state index in [9.17, 15) is 0 Å². The van der Waals surface area contributed by atoms with E-state index in [1.807, 2.05) is 24.4 Å². The van der Waals surface area contributed by atoms with Gasteiger partial charge in [-0.15, -0.1) is 11.3 Å². The normalized spacial score (nSPS) is 11.4. The first-order valence-corrected chi connectivity index (χ1v) is 10.2. The summed E-state index contributed by atoms with van der Waals surface area (Å²) < 4.78 is 0. The van der Waals surface area contributed by atoms with Crippen molar-refractivity contribution < 1.29 is 0 Å². The van der Waals surface area contributed by atoms with Crippen molar-refractivity contribution in [2.24, 2.45) is 0 Å². The molecule has 0 aliphatic rings. The highest BCUT2D eigenvalue weighted by molar-refractivity contribution is 7.13. The molecule has 0 bridgehead atoms. The molecule has 6 aromatic rings. The Labute approximate surface area is 170 Å². The molecule has 0 aliphatic carbocycles. The van der Waals surface area contributed by atoms with E-state index in [1.54, 1.807) is 17.5 Å². The SMILES string of the molecule is c1cncc(-c2nc3ccc(-c4ccc5nc(-c6cccs6)[nH]c5c4)cc3[nH]2)c1. The first kappa shape index (κ1) is 16.2. The van der Waals surface area contributed by atoms with Gasteiger partial charge in [0.15, 0.2) is 0 Å². The molecule has 0 saturated heterocycles. The summed E-state index contributed by atoms with van der Waals surface area (Å²) in [4.78, 5) is 21.6. The summed E-state index contributed by atoms with van der Waals surface area (Å²) in [6.45, 7) is 0. The van der Waals surface area contributed by atoms with Crippen LogP contribution in [0.5, 0.6) is 0 Å². The van der Waals surface area contributed by atoms with E-state index >= 15 is 0 Å². The predicted octanol–water partition coefficient (Wildman–Crippen LogP) is 5.90. The Morgan fingerprint density at radius 2 is 1.41 bits per heavy atom. The van der Waals surface area contributed by atoms with Crippen molar-refractivity contribution >= 4 is 33.4 Å². The van der Waals surface area contributed by atoms with E-state index in [1.165, 1.54) is 0 Å². The average molecular weight is 393 g/mol. The summed E-state index contributed by atoms with van der Waals surface area (Å²) in [6, 6.07) is 20.7. The number of imidazole rings is 2. The van der Waals surface area contributed by atoms with Crippen molar-refractivity contribution in [3.63, 3.8) is 0 Å². The summed E-state index contributed by atoms with van der Waals surface area (Å²) in [6.07, 6.45) is 3.58. The lowest BCUT2D eigenvalue weighted by atomic mass is 10.0. The van der Waals surface area contributed by atoms with Crippen LogP contribution in [0.2, 0.25) is 0 Å². The molecule has 0 atom stereocenters. The van der Waals surface area contributed by atoms with E-state index in [0.717, 1.165) is 55.3 Å². The van der Waals surface area contributed by atoms with Crippen molar-refractivity contribution in [1.29, 1.82) is 0 Å². The van der Waals surface area contributed by atoms with Crippen molar-refractivity contribution in [1.82, 2.24) is 24.9 Å². The number of hydrogen-bond acceptors (Lipinski definition) is 4. The number of aromatic amines is 2. The minimum atomic E-state index is 0.829. The van der Waals surface area contributed by atoms with Gasteiger partial charge in [-0.05, 0) is 59.0 Å². The third-order valence-corrected chi connectivity index (χ3v) is 5.86. The molecule has 0 unspecified atom stereocenters. The number of rotatable bonds is 3. The highest BCUT2D eigenvalue weighted by Gasteiger charge is 2.10. The third kappa shape index (κ3) is 2.81. The fourth-order valence-electron chi connectivity index (χ4n) is 3.55. The molecule has 4 aromatic heterocycles. The maximum Gasteiger partial charge on any atom is 0.148 e. The van der Waals surface area contributed by atoms with E-state index in [4.69, 9.17) is 4.98 Å². The van der Waals surface area contributed by atoms with Crippen LogP contribution in [0, 0.1) is 0 Å². The van der Waals surface area contributed by atoms with Crippen LogP contribution in [-0.4, -0.2) is 24.9 Å². The fourth-order valence-corrected chi connectivity index (χ4v) is 4.22. The van der Waals surface area contributed by atoms with Gasteiger partial charge >= 0.3 is 0 Å². The Hall–Kier alpha value is -3.77. The van der Waals surface area contributed by atoms with Gasteiger partial charge in [0.25, 0.3) is 0 Å². The maximum atomic E-state index is 4.71. The van der Waals surface area contributed by atoms with E-state index in [2.05, 4.69) is 67.8 Å². The quantitative estimate of drug-likeness (QED) is 0.393. The van der Waals surface area contributed by atoms with Gasteiger partial charge in [-0.3, -0.25) is 4.98 Å². The van der Waals surface area contributed by atoms with Gasteiger partial charge in [-0.2, -0.15) is 0 Å². The monoisotopic (exact) mass is 393 g/mol. The number of fused-ring (bicyclic) bond motifs is 2. The van der Waals surface area contributed by atoms with Crippen LogP contribution in [0.3, 0.4) is 0 Å². The van der Waals surface area contributed by atoms with Gasteiger partial charge in [0.2, 0.25) is 0 Å². The average Bonchev–Trinajstić information content (AvgIpc) is 3.52. The number of benzene rings is 2. The topological polar surface area (TPSA) is 70.2 Å². The molecule has 0 amide bonds. The Balaban J connectivity index is 1.41. The van der Waals surface area contributed by atoms with Crippen molar-refractivity contribution in [3.05, 3.63) is 78.4 Å². The number of pyridine rings is 1. The Morgan fingerprint density at radius 1 is 0.690 bits per heavy atom. The molecular weight excluding hydrogens is 378 g/mol. The van der Waals surface area contributed by atoms with Gasteiger partial charge in [0, 0.05) is 18.0 Å². The number of hydrogen-bond donors (Lipinski definition) is 2. The van der Waals surface area contributed by atoms with Gasteiger partial charge < -0.3 is 9.97 Å². The van der Waals surface area contributed by atoms with Crippen LogP contribution in [0.1, 0.15) is 0 Å². The Kier molecular flexibility index (Phi) is 3.57. The molecule has 5 nitrogen and oxygen atoms in total. The molecule has 0 spiro atoms. The molecule has 138 valence electrons. The second-order valence-electron chi connectivity index (χ2n) is 6.85. The molecular formula is C23H15N5S. The first-order chi connectivity index (χ1) is 14.3. The number of aromatic nitrogens is 5. The second-order valence-corrected chi connectivity index (χ2v) is 7.80. The number of nitrogens with zero attached hydrogens (tertiary/aromatic N) is 3. The second kappa shape index (κ2) is 6.39. The standard InChI is InChI=1S/C23H15N5S/c1-3-16(13-24-9-1)22-25-17-7-5-14(11-19(17)27-22)15-6-8-18-20(12-15)28-23(26-18)21-4-2-10-29-21/h1-13H,(H,25,27)(H,26,28). The van der Waals surface area contributed by atoms with Gasteiger partial charge in [-0.25, -0.2) is 9.97 Å². The molecule has 29 heavy (non-hydrogen) atoms. The van der Waals surface area contributed by atoms with E-state index in [0.29, 0.717) is 0 Å². The van der Waals surface area contributed by atoms with Crippen molar-refractivity contribution in [3.8, 4) is 33.2 Å². The van der Waals surface area contributed by atoms with Crippen molar-refractivity contribution in [2.75, 3.05) is 0 Å². The maximum absolute atomic E-state index is 4.71. The minimum absolute atomic E-state index is 0.829. The number of nitrogens with one attached hydrogen (secondary N) is 2. The Bertz CT molecular complexity index is 1450. The molecule has 6 heteroatoms. The summed E-state index contributed by atoms with van der Waals surface area (Å²) in [5.41, 5.74) is 7.20. The van der Waals surface area contributed by atoms with Gasteiger partial charge in [-0.1, -0.05) is 18.2 Å². The summed E-state index contributed by atoms with van der Waals surface area (Å²) in [5.74, 6) is 1.74. The molecule has 2 aromatic carbocycles. The largest absolute Gasteiger partial charge is 0.338 e. The number of H-pyrrole nitrogens is 2. The highest BCUT2D eigenvalue weighted by atomic mass is 32.1. The fraction of sp³-hybridized carbons (Fsp3) is 0. The van der Waals surface area contributed by atoms with Crippen LogP contribution in [0.4, 0.5) is 0 Å².